The molecule has 0 aromatic heterocycles. The van der Waals surface area contributed by atoms with E-state index in [0.29, 0.717) is 5.41 Å². The molecule has 2 saturated heterocycles. The van der Waals surface area contributed by atoms with Gasteiger partial charge in [0.05, 0.1) is 6.54 Å². The van der Waals surface area contributed by atoms with E-state index in [4.69, 9.17) is 9.73 Å². The largest absolute Gasteiger partial charge is 0.381 e. The summed E-state index contributed by atoms with van der Waals surface area (Å²) in [5.74, 6) is 1.08. The number of rotatable bonds is 4. The molecule has 0 saturated carbocycles. The first-order valence-electron chi connectivity index (χ1n) is 8.80. The van der Waals surface area contributed by atoms with E-state index in [1.54, 1.807) is 0 Å². The van der Waals surface area contributed by atoms with Gasteiger partial charge in [-0.2, -0.15) is 0 Å². The molecule has 22 heavy (non-hydrogen) atoms. The van der Waals surface area contributed by atoms with Crippen molar-refractivity contribution in [3.63, 3.8) is 0 Å². The Morgan fingerprint density at radius 2 is 1.95 bits per heavy atom. The Morgan fingerprint density at radius 1 is 1.23 bits per heavy atom. The van der Waals surface area contributed by atoms with Crippen molar-refractivity contribution in [2.75, 3.05) is 45.9 Å². The van der Waals surface area contributed by atoms with E-state index in [1.807, 2.05) is 0 Å². The van der Waals surface area contributed by atoms with Gasteiger partial charge in [0.1, 0.15) is 0 Å². The lowest BCUT2D eigenvalue weighted by Gasteiger charge is -2.33. The van der Waals surface area contributed by atoms with E-state index in [1.165, 1.54) is 19.3 Å². The number of aliphatic imine (C=N–C) groups is 1. The summed E-state index contributed by atoms with van der Waals surface area (Å²) >= 11 is 0. The van der Waals surface area contributed by atoms with Gasteiger partial charge in [0.2, 0.25) is 0 Å². The van der Waals surface area contributed by atoms with Crippen LogP contribution in [0.3, 0.4) is 0 Å². The zero-order chi connectivity index (χ0) is 16.1. The van der Waals surface area contributed by atoms with Gasteiger partial charge in [-0.25, -0.2) is 0 Å². The number of nitrogens with zero attached hydrogens (tertiary/aromatic N) is 2. The van der Waals surface area contributed by atoms with Gasteiger partial charge < -0.3 is 20.3 Å². The van der Waals surface area contributed by atoms with Crippen LogP contribution < -0.4 is 10.6 Å². The quantitative estimate of drug-likeness (QED) is 0.473. The standard InChI is InChI=1S/C17H34N4O/c1-5-18-15(19-9-10-20-16(2,3)4)21-11-6-17(14-21)7-12-22-13-8-17/h20H,5-14H2,1-4H3,(H,18,19). The Bertz CT molecular complexity index is 369. The van der Waals surface area contributed by atoms with Gasteiger partial charge >= 0.3 is 0 Å². The second-order valence-corrected chi connectivity index (χ2v) is 7.70. The molecule has 5 heteroatoms. The first kappa shape index (κ1) is 17.5. The number of hydrogen-bond donors (Lipinski definition) is 2. The van der Waals surface area contributed by atoms with E-state index in [-0.39, 0.29) is 5.54 Å². The monoisotopic (exact) mass is 310 g/mol. The molecule has 2 rings (SSSR count). The van der Waals surface area contributed by atoms with Gasteiger partial charge in [0.15, 0.2) is 5.96 Å². The Morgan fingerprint density at radius 3 is 2.59 bits per heavy atom. The van der Waals surface area contributed by atoms with Crippen molar-refractivity contribution in [3.05, 3.63) is 0 Å². The molecule has 2 N–H and O–H groups in total. The van der Waals surface area contributed by atoms with Crippen molar-refractivity contribution >= 4 is 5.96 Å². The third kappa shape index (κ3) is 5.13. The van der Waals surface area contributed by atoms with Crippen molar-refractivity contribution in [1.29, 1.82) is 0 Å². The molecule has 0 aromatic rings. The predicted molar refractivity (Wildman–Crippen MR) is 92.4 cm³/mol. The zero-order valence-electron chi connectivity index (χ0n) is 14.9. The maximum Gasteiger partial charge on any atom is 0.193 e. The molecule has 2 aliphatic heterocycles. The van der Waals surface area contributed by atoms with Gasteiger partial charge in [0.25, 0.3) is 0 Å². The summed E-state index contributed by atoms with van der Waals surface area (Å²) in [7, 11) is 0. The number of hydrogen-bond acceptors (Lipinski definition) is 3. The van der Waals surface area contributed by atoms with Crippen LogP contribution in [-0.4, -0.2) is 62.3 Å². The van der Waals surface area contributed by atoms with Crippen molar-refractivity contribution in [2.24, 2.45) is 10.4 Å². The SMILES string of the molecule is CCNC(=NCCNC(C)(C)C)N1CCC2(CCOCC2)C1. The number of ether oxygens (including phenoxy) is 1. The van der Waals surface area contributed by atoms with E-state index in [9.17, 15) is 0 Å². The molecule has 0 bridgehead atoms. The average molecular weight is 310 g/mol. The molecule has 0 unspecified atom stereocenters. The van der Waals surface area contributed by atoms with E-state index in [2.05, 4.69) is 43.2 Å². The normalized spacial score (nSPS) is 22.4. The molecular formula is C17H34N4O. The summed E-state index contributed by atoms with van der Waals surface area (Å²) < 4.78 is 5.54. The lowest BCUT2D eigenvalue weighted by molar-refractivity contribution is 0.0217. The summed E-state index contributed by atoms with van der Waals surface area (Å²) in [5.41, 5.74) is 0.631. The second kappa shape index (κ2) is 7.64. The van der Waals surface area contributed by atoms with Crippen molar-refractivity contribution in [2.45, 2.75) is 52.5 Å². The van der Waals surface area contributed by atoms with Crippen LogP contribution in [0.15, 0.2) is 4.99 Å². The molecule has 0 aromatic carbocycles. The first-order valence-corrected chi connectivity index (χ1v) is 8.80. The zero-order valence-corrected chi connectivity index (χ0v) is 14.9. The summed E-state index contributed by atoms with van der Waals surface area (Å²) in [6.45, 7) is 15.5. The molecule has 5 nitrogen and oxygen atoms in total. The van der Waals surface area contributed by atoms with Gasteiger partial charge in [-0.1, -0.05) is 0 Å². The van der Waals surface area contributed by atoms with Gasteiger partial charge in [-0.3, -0.25) is 4.99 Å². The Labute approximate surface area is 135 Å². The molecule has 0 aliphatic carbocycles. The van der Waals surface area contributed by atoms with E-state index >= 15 is 0 Å². The molecule has 1 spiro atoms. The Kier molecular flexibility index (Phi) is 6.09. The van der Waals surface area contributed by atoms with Crippen LogP contribution in [0.2, 0.25) is 0 Å². The number of guanidine groups is 1. The Hall–Kier alpha value is -0.810. The van der Waals surface area contributed by atoms with Crippen molar-refractivity contribution < 1.29 is 4.74 Å². The maximum atomic E-state index is 5.54. The van der Waals surface area contributed by atoms with Gasteiger partial charge in [-0.15, -0.1) is 0 Å². The van der Waals surface area contributed by atoms with Crippen molar-refractivity contribution in [1.82, 2.24) is 15.5 Å². The van der Waals surface area contributed by atoms with Gasteiger partial charge in [-0.05, 0) is 52.4 Å². The fraction of sp³-hybridized carbons (Fsp3) is 0.941. The van der Waals surface area contributed by atoms with E-state index in [0.717, 1.165) is 51.9 Å². The fourth-order valence-electron chi connectivity index (χ4n) is 3.35. The second-order valence-electron chi connectivity index (χ2n) is 7.70. The van der Waals surface area contributed by atoms with Crippen LogP contribution in [0.4, 0.5) is 0 Å². The highest BCUT2D eigenvalue weighted by molar-refractivity contribution is 5.80. The predicted octanol–water partition coefficient (Wildman–Crippen LogP) is 1.84. The molecule has 2 heterocycles. The summed E-state index contributed by atoms with van der Waals surface area (Å²) in [5, 5.41) is 6.96. The number of likely N-dealkylation sites (tertiary alicyclic amines) is 1. The fourth-order valence-corrected chi connectivity index (χ4v) is 3.35. The molecule has 2 aliphatic rings. The minimum Gasteiger partial charge on any atom is -0.381 e. The average Bonchev–Trinajstić information content (AvgIpc) is 2.85. The highest BCUT2D eigenvalue weighted by atomic mass is 16.5. The van der Waals surface area contributed by atoms with Crippen molar-refractivity contribution in [3.8, 4) is 0 Å². The molecular weight excluding hydrogens is 276 g/mol. The topological polar surface area (TPSA) is 48.9 Å². The van der Waals surface area contributed by atoms with Gasteiger partial charge in [0, 0.05) is 44.9 Å². The maximum absolute atomic E-state index is 5.54. The lowest BCUT2D eigenvalue weighted by Crippen LogP contribution is -2.43. The molecule has 0 radical (unpaired) electrons. The summed E-state index contributed by atoms with van der Waals surface area (Å²) in [6, 6.07) is 0. The minimum absolute atomic E-state index is 0.160. The molecule has 0 amide bonds. The van der Waals surface area contributed by atoms with Crippen LogP contribution in [0.1, 0.15) is 47.0 Å². The van der Waals surface area contributed by atoms with Crippen LogP contribution in [0.5, 0.6) is 0 Å². The molecule has 2 fully saturated rings. The van der Waals surface area contributed by atoms with Crippen LogP contribution in [-0.2, 0) is 4.74 Å². The molecule has 0 atom stereocenters. The lowest BCUT2D eigenvalue weighted by atomic mass is 9.80. The smallest absolute Gasteiger partial charge is 0.193 e. The molecule has 128 valence electrons. The highest BCUT2D eigenvalue weighted by Gasteiger charge is 2.40. The van der Waals surface area contributed by atoms with Crippen LogP contribution in [0.25, 0.3) is 0 Å². The highest BCUT2D eigenvalue weighted by Crippen LogP contribution is 2.39. The Balaban J connectivity index is 1.88. The van der Waals surface area contributed by atoms with Crippen LogP contribution in [0, 0.1) is 5.41 Å². The third-order valence-electron chi connectivity index (χ3n) is 4.65. The third-order valence-corrected chi connectivity index (χ3v) is 4.65. The minimum atomic E-state index is 0.160. The van der Waals surface area contributed by atoms with E-state index < -0.39 is 0 Å². The van der Waals surface area contributed by atoms with Crippen LogP contribution >= 0.6 is 0 Å². The number of nitrogens with one attached hydrogen (secondary N) is 2. The summed E-state index contributed by atoms with van der Waals surface area (Å²) in [4.78, 5) is 7.26. The first-order chi connectivity index (χ1) is 10.4. The summed E-state index contributed by atoms with van der Waals surface area (Å²) in [6.07, 6.45) is 3.68.